The summed E-state index contributed by atoms with van der Waals surface area (Å²) in [5.74, 6) is 3.53. The highest BCUT2D eigenvalue weighted by Gasteiger charge is 2.45. The molecule has 0 aromatic heterocycles. The van der Waals surface area contributed by atoms with E-state index in [2.05, 4.69) is 32.6 Å². The lowest BCUT2D eigenvalue weighted by atomic mass is 9.88. The normalized spacial score (nSPS) is 16.5. The van der Waals surface area contributed by atoms with Crippen LogP contribution in [0.4, 0.5) is 0 Å². The Morgan fingerprint density at radius 1 is 0.560 bits per heavy atom. The number of hydrogen-bond donors (Lipinski definition) is 1. The molecule has 296 valence electrons. The minimum absolute atomic E-state index is 0.400. The van der Waals surface area contributed by atoms with Crippen LogP contribution in [0.1, 0.15) is 233 Å². The van der Waals surface area contributed by atoms with E-state index in [0.29, 0.717) is 29.3 Å². The molecule has 0 aliphatic heterocycles. The van der Waals surface area contributed by atoms with E-state index >= 15 is 0 Å². The van der Waals surface area contributed by atoms with E-state index in [0.717, 1.165) is 70.6 Å². The summed E-state index contributed by atoms with van der Waals surface area (Å²) in [4.78, 5) is 28.1. The Kier molecular flexibility index (Phi) is 32.2. The number of hydrogen-bond acceptors (Lipinski definition) is 4. The Labute approximate surface area is 314 Å². The topological polar surface area (TPSA) is 63.4 Å². The standard InChI is InChI=1S/C46H90N2O2/c1-5-8-11-14-18-24-31-42(32-25-19-15-12-9-6-2)44-40-45(44)46(50)34-27-20-16-21-28-36-48(38-35-47)37-29-22-26-33-43(49)39-41(4)30-23-17-13-10-7-3/h41-42,44-45H,5-40,47H2,1-4H3. The van der Waals surface area contributed by atoms with Gasteiger partial charge in [-0.15, -0.1) is 0 Å². The van der Waals surface area contributed by atoms with Gasteiger partial charge in [-0.3, -0.25) is 9.59 Å². The van der Waals surface area contributed by atoms with Crippen molar-refractivity contribution in [2.45, 2.75) is 233 Å². The number of ketones is 2. The average molecular weight is 703 g/mol. The molecule has 0 aromatic rings. The highest BCUT2D eigenvalue weighted by Crippen LogP contribution is 2.49. The first-order valence-electron chi connectivity index (χ1n) is 22.9. The van der Waals surface area contributed by atoms with Gasteiger partial charge in [0.1, 0.15) is 11.6 Å². The number of nitrogens with two attached hydrogens (primary N) is 1. The van der Waals surface area contributed by atoms with Crippen LogP contribution in [0, 0.1) is 23.7 Å². The lowest BCUT2D eigenvalue weighted by molar-refractivity contribution is -0.121. The maximum Gasteiger partial charge on any atom is 0.136 e. The minimum Gasteiger partial charge on any atom is -0.329 e. The largest absolute Gasteiger partial charge is 0.329 e. The fraction of sp³-hybridized carbons (Fsp3) is 0.957. The van der Waals surface area contributed by atoms with Gasteiger partial charge in [0.2, 0.25) is 0 Å². The predicted molar refractivity (Wildman–Crippen MR) is 220 cm³/mol. The zero-order valence-electron chi connectivity index (χ0n) is 34.6. The number of unbranched alkanes of at least 4 members (excludes halogenated alkanes) is 20. The zero-order valence-corrected chi connectivity index (χ0v) is 34.6. The zero-order chi connectivity index (χ0) is 36.5. The van der Waals surface area contributed by atoms with Crippen LogP contribution < -0.4 is 5.73 Å². The lowest BCUT2D eigenvalue weighted by Crippen LogP contribution is -2.31. The van der Waals surface area contributed by atoms with Gasteiger partial charge in [-0.25, -0.2) is 0 Å². The highest BCUT2D eigenvalue weighted by molar-refractivity contribution is 5.83. The molecule has 3 atom stereocenters. The fourth-order valence-electron chi connectivity index (χ4n) is 8.44. The van der Waals surface area contributed by atoms with Gasteiger partial charge in [-0.1, -0.05) is 182 Å². The molecule has 0 heterocycles. The molecule has 1 rings (SSSR count). The van der Waals surface area contributed by atoms with Crippen LogP contribution in [0.15, 0.2) is 0 Å². The second kappa shape index (κ2) is 34.1. The van der Waals surface area contributed by atoms with Gasteiger partial charge in [0.05, 0.1) is 0 Å². The quantitative estimate of drug-likeness (QED) is 0.0646. The monoisotopic (exact) mass is 703 g/mol. The Hall–Kier alpha value is -0.740. The summed E-state index contributed by atoms with van der Waals surface area (Å²) in [6, 6.07) is 0. The molecule has 0 radical (unpaired) electrons. The number of carbonyl (C=O) groups is 2. The van der Waals surface area contributed by atoms with Crippen molar-refractivity contribution < 1.29 is 9.59 Å². The fourth-order valence-corrected chi connectivity index (χ4v) is 8.44. The molecular weight excluding hydrogens is 613 g/mol. The Morgan fingerprint density at radius 3 is 1.54 bits per heavy atom. The van der Waals surface area contributed by atoms with Gasteiger partial charge in [0.15, 0.2) is 0 Å². The van der Waals surface area contributed by atoms with Crippen molar-refractivity contribution in [3.63, 3.8) is 0 Å². The van der Waals surface area contributed by atoms with Gasteiger partial charge in [0.25, 0.3) is 0 Å². The third kappa shape index (κ3) is 26.9. The van der Waals surface area contributed by atoms with E-state index in [1.165, 1.54) is 167 Å². The summed E-state index contributed by atoms with van der Waals surface area (Å²) in [6.07, 6.45) is 40.0. The molecule has 2 N–H and O–H groups in total. The summed E-state index contributed by atoms with van der Waals surface area (Å²) in [7, 11) is 0. The summed E-state index contributed by atoms with van der Waals surface area (Å²) in [6.45, 7) is 13.1. The average Bonchev–Trinajstić information content (AvgIpc) is 3.90. The first kappa shape index (κ1) is 47.3. The first-order chi connectivity index (χ1) is 24.5. The SMILES string of the molecule is CCCCCCCCC(CCCCCCCC)C1CC1C(=O)CCCCCCCN(CCN)CCCCCC(=O)CC(C)CCCCCCC. The van der Waals surface area contributed by atoms with Crippen LogP contribution in [0.25, 0.3) is 0 Å². The van der Waals surface area contributed by atoms with E-state index < -0.39 is 0 Å². The van der Waals surface area contributed by atoms with E-state index in [4.69, 9.17) is 5.73 Å². The van der Waals surface area contributed by atoms with Crippen LogP contribution >= 0.6 is 0 Å². The van der Waals surface area contributed by atoms with E-state index in [1.54, 1.807) is 0 Å². The molecule has 0 saturated heterocycles. The predicted octanol–water partition coefficient (Wildman–Crippen LogP) is 13.4. The maximum atomic E-state index is 13.1. The maximum absolute atomic E-state index is 13.1. The van der Waals surface area contributed by atoms with Crippen LogP contribution in [0.5, 0.6) is 0 Å². The molecule has 1 aliphatic carbocycles. The number of carbonyl (C=O) groups excluding carboxylic acids is 2. The molecule has 0 bridgehead atoms. The van der Waals surface area contributed by atoms with Crippen LogP contribution in [0.3, 0.4) is 0 Å². The Bertz CT molecular complexity index is 753. The highest BCUT2D eigenvalue weighted by atomic mass is 16.1. The molecule has 50 heavy (non-hydrogen) atoms. The summed E-state index contributed by atoms with van der Waals surface area (Å²) in [5.41, 5.74) is 5.93. The molecule has 3 unspecified atom stereocenters. The molecule has 1 saturated carbocycles. The van der Waals surface area contributed by atoms with Crippen molar-refractivity contribution in [1.82, 2.24) is 4.90 Å². The van der Waals surface area contributed by atoms with Crippen molar-refractivity contribution in [1.29, 1.82) is 0 Å². The smallest absolute Gasteiger partial charge is 0.136 e. The number of rotatable bonds is 40. The van der Waals surface area contributed by atoms with Gasteiger partial charge in [-0.2, -0.15) is 0 Å². The summed E-state index contributed by atoms with van der Waals surface area (Å²) in [5, 5.41) is 0. The molecule has 1 fully saturated rings. The van der Waals surface area contributed by atoms with Gasteiger partial charge in [0, 0.05) is 38.3 Å². The number of Topliss-reactive ketones (excluding diaryl/α,β-unsaturated/α-hetero) is 2. The molecule has 0 spiro atoms. The molecule has 1 aliphatic rings. The van der Waals surface area contributed by atoms with Crippen molar-refractivity contribution in [3.05, 3.63) is 0 Å². The Balaban J connectivity index is 2.17. The van der Waals surface area contributed by atoms with Crippen molar-refractivity contribution in [2.75, 3.05) is 26.2 Å². The Morgan fingerprint density at radius 2 is 1.00 bits per heavy atom. The van der Waals surface area contributed by atoms with E-state index in [1.807, 2.05) is 0 Å². The molecule has 4 nitrogen and oxygen atoms in total. The minimum atomic E-state index is 0.400. The van der Waals surface area contributed by atoms with Crippen molar-refractivity contribution in [3.8, 4) is 0 Å². The third-order valence-corrected chi connectivity index (χ3v) is 11.9. The molecule has 0 amide bonds. The van der Waals surface area contributed by atoms with Gasteiger partial charge >= 0.3 is 0 Å². The van der Waals surface area contributed by atoms with Crippen LogP contribution in [0.2, 0.25) is 0 Å². The lowest BCUT2D eigenvalue weighted by Gasteiger charge is -2.21. The van der Waals surface area contributed by atoms with E-state index in [-0.39, 0.29) is 0 Å². The second-order valence-electron chi connectivity index (χ2n) is 16.9. The van der Waals surface area contributed by atoms with Crippen molar-refractivity contribution in [2.24, 2.45) is 29.4 Å². The van der Waals surface area contributed by atoms with E-state index in [9.17, 15) is 9.59 Å². The van der Waals surface area contributed by atoms with Crippen molar-refractivity contribution >= 4 is 11.6 Å². The number of nitrogens with zero attached hydrogens (tertiary/aromatic N) is 1. The van der Waals surface area contributed by atoms with Gasteiger partial charge < -0.3 is 10.6 Å². The first-order valence-corrected chi connectivity index (χ1v) is 22.9. The molecule has 4 heteroatoms. The molecular formula is C46H90N2O2. The van der Waals surface area contributed by atoms with Crippen LogP contribution in [-0.4, -0.2) is 42.6 Å². The molecule has 0 aromatic carbocycles. The van der Waals surface area contributed by atoms with Gasteiger partial charge in [-0.05, 0) is 62.9 Å². The van der Waals surface area contributed by atoms with Crippen LogP contribution in [-0.2, 0) is 9.59 Å². The second-order valence-corrected chi connectivity index (χ2v) is 16.9. The summed E-state index contributed by atoms with van der Waals surface area (Å²) < 4.78 is 0. The third-order valence-electron chi connectivity index (χ3n) is 11.9. The summed E-state index contributed by atoms with van der Waals surface area (Å²) >= 11 is 0.